The molecule has 3 N–H and O–H groups in total. The average molecular weight is 441 g/mol. The lowest BCUT2D eigenvalue weighted by atomic mass is 10.1. The van der Waals surface area contributed by atoms with Crippen molar-refractivity contribution in [1.82, 2.24) is 10.2 Å². The number of para-hydroxylation sites is 1. The Bertz CT molecular complexity index is 1350. The van der Waals surface area contributed by atoms with Crippen molar-refractivity contribution < 1.29 is 13.2 Å². The number of rotatable bonds is 5. The van der Waals surface area contributed by atoms with Crippen LogP contribution in [0.4, 0.5) is 11.4 Å². The number of anilines is 2. The van der Waals surface area contributed by atoms with Gasteiger partial charge in [-0.05, 0) is 55.0 Å². The number of halogens is 1. The quantitative estimate of drug-likeness (QED) is 0.422. The first kappa shape index (κ1) is 19.9. The van der Waals surface area contributed by atoms with E-state index in [4.69, 9.17) is 11.6 Å². The number of benzene rings is 3. The molecule has 152 valence electrons. The predicted octanol–water partition coefficient (Wildman–Crippen LogP) is 4.58. The number of aromatic amines is 1. The van der Waals surface area contributed by atoms with Crippen molar-refractivity contribution in [3.63, 3.8) is 0 Å². The van der Waals surface area contributed by atoms with Gasteiger partial charge in [-0.1, -0.05) is 29.8 Å². The molecular formula is C21H17ClN4O3S. The third-order valence-electron chi connectivity index (χ3n) is 4.55. The van der Waals surface area contributed by atoms with E-state index in [2.05, 4.69) is 20.2 Å². The van der Waals surface area contributed by atoms with Gasteiger partial charge in [0.15, 0.2) is 0 Å². The Morgan fingerprint density at radius 2 is 1.77 bits per heavy atom. The number of nitrogens with one attached hydrogen (secondary N) is 3. The molecule has 0 saturated heterocycles. The largest absolute Gasteiger partial charge is 0.322 e. The van der Waals surface area contributed by atoms with Crippen LogP contribution < -0.4 is 10.0 Å². The van der Waals surface area contributed by atoms with Gasteiger partial charge in [0, 0.05) is 21.8 Å². The van der Waals surface area contributed by atoms with Gasteiger partial charge in [-0.15, -0.1) is 0 Å². The lowest BCUT2D eigenvalue weighted by molar-refractivity contribution is 0.102. The maximum atomic E-state index is 12.9. The van der Waals surface area contributed by atoms with Crippen molar-refractivity contribution in [3.8, 4) is 0 Å². The Morgan fingerprint density at radius 1 is 1.03 bits per heavy atom. The van der Waals surface area contributed by atoms with E-state index in [0.717, 1.165) is 5.39 Å². The van der Waals surface area contributed by atoms with E-state index in [9.17, 15) is 13.2 Å². The van der Waals surface area contributed by atoms with Crippen LogP contribution in [0.1, 0.15) is 15.9 Å². The van der Waals surface area contributed by atoms with Crippen molar-refractivity contribution in [2.75, 3.05) is 10.0 Å². The number of hydrogen-bond acceptors (Lipinski definition) is 4. The summed E-state index contributed by atoms with van der Waals surface area (Å²) in [6.07, 6.45) is 1.63. The summed E-state index contributed by atoms with van der Waals surface area (Å²) in [5.74, 6) is -0.372. The smallest absolute Gasteiger partial charge is 0.262 e. The first-order chi connectivity index (χ1) is 14.3. The highest BCUT2D eigenvalue weighted by molar-refractivity contribution is 7.92. The molecule has 0 atom stereocenters. The molecule has 7 nitrogen and oxygen atoms in total. The number of hydrogen-bond donors (Lipinski definition) is 3. The molecule has 4 aromatic rings. The molecule has 0 fully saturated rings. The van der Waals surface area contributed by atoms with Crippen LogP contribution in [0.2, 0.25) is 5.02 Å². The number of nitrogens with zero attached hydrogens (tertiary/aromatic N) is 1. The van der Waals surface area contributed by atoms with Gasteiger partial charge in [-0.3, -0.25) is 14.6 Å². The number of aromatic nitrogens is 2. The van der Waals surface area contributed by atoms with Crippen LogP contribution in [0.5, 0.6) is 0 Å². The monoisotopic (exact) mass is 440 g/mol. The second kappa shape index (κ2) is 7.81. The minimum absolute atomic E-state index is 0.0648. The molecule has 0 aliphatic heterocycles. The predicted molar refractivity (Wildman–Crippen MR) is 117 cm³/mol. The maximum Gasteiger partial charge on any atom is 0.262 e. The van der Waals surface area contributed by atoms with Crippen LogP contribution >= 0.6 is 11.6 Å². The molecule has 0 aliphatic carbocycles. The highest BCUT2D eigenvalue weighted by atomic mass is 35.5. The SMILES string of the molecule is Cc1ccc(NC(=O)c2cccc3cn[nH]c23)cc1S(=O)(=O)Nc1ccc(Cl)cc1. The summed E-state index contributed by atoms with van der Waals surface area (Å²) in [7, 11) is -3.87. The van der Waals surface area contributed by atoms with Crippen molar-refractivity contribution in [2.45, 2.75) is 11.8 Å². The van der Waals surface area contributed by atoms with Crippen molar-refractivity contribution >= 4 is 49.8 Å². The Balaban J connectivity index is 1.62. The molecule has 3 aromatic carbocycles. The average Bonchev–Trinajstić information content (AvgIpc) is 3.19. The highest BCUT2D eigenvalue weighted by Gasteiger charge is 2.19. The van der Waals surface area contributed by atoms with Gasteiger partial charge < -0.3 is 5.32 Å². The second-order valence-corrected chi connectivity index (χ2v) is 8.77. The van der Waals surface area contributed by atoms with E-state index >= 15 is 0 Å². The van der Waals surface area contributed by atoms with E-state index in [1.54, 1.807) is 61.7 Å². The summed E-state index contributed by atoms with van der Waals surface area (Å²) >= 11 is 5.85. The van der Waals surface area contributed by atoms with Crippen molar-refractivity contribution in [3.05, 3.63) is 83.0 Å². The summed E-state index contributed by atoms with van der Waals surface area (Å²) in [4.78, 5) is 12.8. The molecule has 0 spiro atoms. The molecule has 9 heteroatoms. The fourth-order valence-electron chi connectivity index (χ4n) is 3.05. The van der Waals surface area contributed by atoms with E-state index in [-0.39, 0.29) is 10.8 Å². The van der Waals surface area contributed by atoms with Crippen LogP contribution in [0.15, 0.2) is 71.8 Å². The maximum absolute atomic E-state index is 12.9. The van der Waals surface area contributed by atoms with Gasteiger partial charge in [-0.2, -0.15) is 5.10 Å². The summed E-state index contributed by atoms with van der Waals surface area (Å²) < 4.78 is 28.3. The lowest BCUT2D eigenvalue weighted by Gasteiger charge is -2.13. The zero-order valence-corrected chi connectivity index (χ0v) is 17.4. The molecule has 1 amide bonds. The molecule has 1 heterocycles. The van der Waals surface area contributed by atoms with E-state index < -0.39 is 10.0 Å². The van der Waals surface area contributed by atoms with Gasteiger partial charge in [0.1, 0.15) is 0 Å². The molecule has 30 heavy (non-hydrogen) atoms. The standard InChI is InChI=1S/C21H17ClN4O3S/c1-13-5-8-17(24-21(27)18-4-2-3-14-12-23-25-20(14)18)11-19(13)30(28,29)26-16-9-6-15(22)7-10-16/h2-12,26H,1H3,(H,23,25)(H,24,27). The van der Waals surface area contributed by atoms with E-state index in [0.29, 0.717) is 33.0 Å². The fourth-order valence-corrected chi connectivity index (χ4v) is 4.51. The number of H-pyrrole nitrogens is 1. The molecule has 0 bridgehead atoms. The summed E-state index contributed by atoms with van der Waals surface area (Å²) in [5.41, 5.74) is 2.32. The number of carbonyl (C=O) groups excluding carboxylic acids is 1. The number of fused-ring (bicyclic) bond motifs is 1. The Hall–Kier alpha value is -3.36. The van der Waals surface area contributed by atoms with Gasteiger partial charge in [-0.25, -0.2) is 8.42 Å². The third-order valence-corrected chi connectivity index (χ3v) is 6.33. The topological polar surface area (TPSA) is 104 Å². The Labute approximate surface area is 178 Å². The van der Waals surface area contributed by atoms with Gasteiger partial charge in [0.2, 0.25) is 0 Å². The Morgan fingerprint density at radius 3 is 2.53 bits per heavy atom. The minimum atomic E-state index is -3.87. The zero-order valence-electron chi connectivity index (χ0n) is 15.8. The number of carbonyl (C=O) groups is 1. The second-order valence-electron chi connectivity index (χ2n) is 6.69. The van der Waals surface area contributed by atoms with E-state index in [1.165, 1.54) is 6.07 Å². The van der Waals surface area contributed by atoms with Crippen molar-refractivity contribution in [1.29, 1.82) is 0 Å². The number of sulfonamides is 1. The fraction of sp³-hybridized carbons (Fsp3) is 0.0476. The van der Waals surface area contributed by atoms with Crippen molar-refractivity contribution in [2.24, 2.45) is 0 Å². The Kier molecular flexibility index (Phi) is 5.19. The molecule has 1 aromatic heterocycles. The lowest BCUT2D eigenvalue weighted by Crippen LogP contribution is -2.16. The van der Waals surface area contributed by atoms with Gasteiger partial charge in [0.05, 0.1) is 22.2 Å². The molecular weight excluding hydrogens is 424 g/mol. The molecule has 0 aliphatic rings. The van der Waals surface area contributed by atoms with Crippen LogP contribution in [-0.4, -0.2) is 24.5 Å². The van der Waals surface area contributed by atoms with Crippen LogP contribution in [-0.2, 0) is 10.0 Å². The van der Waals surface area contributed by atoms with Crippen LogP contribution in [0, 0.1) is 6.92 Å². The minimum Gasteiger partial charge on any atom is -0.322 e. The van der Waals surface area contributed by atoms with Gasteiger partial charge in [0.25, 0.3) is 15.9 Å². The summed E-state index contributed by atoms with van der Waals surface area (Å²) in [6, 6.07) is 16.3. The van der Waals surface area contributed by atoms with Crippen LogP contribution in [0.25, 0.3) is 10.9 Å². The number of amides is 1. The molecule has 0 unspecified atom stereocenters. The zero-order chi connectivity index (χ0) is 21.3. The van der Waals surface area contributed by atoms with E-state index in [1.807, 2.05) is 6.07 Å². The third kappa shape index (κ3) is 4.00. The molecule has 0 radical (unpaired) electrons. The highest BCUT2D eigenvalue weighted by Crippen LogP contribution is 2.25. The first-order valence-electron chi connectivity index (χ1n) is 8.96. The van der Waals surface area contributed by atoms with Crippen LogP contribution in [0.3, 0.4) is 0 Å². The number of aryl methyl sites for hydroxylation is 1. The molecule has 4 rings (SSSR count). The summed E-state index contributed by atoms with van der Waals surface area (Å²) in [5, 5.41) is 10.8. The normalized spacial score (nSPS) is 11.4. The first-order valence-corrected chi connectivity index (χ1v) is 10.8. The molecule has 0 saturated carbocycles. The summed E-state index contributed by atoms with van der Waals surface area (Å²) in [6.45, 7) is 1.69. The van der Waals surface area contributed by atoms with Gasteiger partial charge >= 0.3 is 0 Å².